The SMILES string of the molecule is Cc1ccc(C[C@H](C(N)=O)c2nc3c(F)c(Cl)ccc3c(=O)o2)o1. The summed E-state index contributed by atoms with van der Waals surface area (Å²) in [7, 11) is 0. The van der Waals surface area contributed by atoms with E-state index in [-0.39, 0.29) is 28.2 Å². The molecule has 3 aromatic rings. The van der Waals surface area contributed by atoms with E-state index in [1.165, 1.54) is 12.1 Å². The van der Waals surface area contributed by atoms with E-state index in [0.717, 1.165) is 0 Å². The molecular weight excluding hydrogens is 339 g/mol. The fraction of sp³-hybridized carbons (Fsp3) is 0.188. The molecule has 0 saturated carbocycles. The largest absolute Gasteiger partial charge is 0.466 e. The maximum atomic E-state index is 14.1. The van der Waals surface area contributed by atoms with E-state index < -0.39 is 23.3 Å². The molecule has 0 bridgehead atoms. The zero-order chi connectivity index (χ0) is 17.4. The van der Waals surface area contributed by atoms with Crippen LogP contribution < -0.4 is 11.4 Å². The first kappa shape index (κ1) is 16.2. The number of rotatable bonds is 4. The van der Waals surface area contributed by atoms with Crippen molar-refractivity contribution in [2.45, 2.75) is 19.3 Å². The van der Waals surface area contributed by atoms with Gasteiger partial charge in [0, 0.05) is 6.42 Å². The summed E-state index contributed by atoms with van der Waals surface area (Å²) in [6.45, 7) is 1.74. The number of nitrogens with zero attached hydrogens (tertiary/aromatic N) is 1. The molecule has 24 heavy (non-hydrogen) atoms. The number of nitrogens with two attached hydrogens (primary N) is 1. The van der Waals surface area contributed by atoms with Gasteiger partial charge < -0.3 is 14.6 Å². The lowest BCUT2D eigenvalue weighted by atomic mass is 10.0. The number of hydrogen-bond acceptors (Lipinski definition) is 5. The molecule has 124 valence electrons. The van der Waals surface area contributed by atoms with Gasteiger partial charge in [0.1, 0.15) is 23.0 Å². The van der Waals surface area contributed by atoms with Gasteiger partial charge >= 0.3 is 5.63 Å². The summed E-state index contributed by atoms with van der Waals surface area (Å²) >= 11 is 5.71. The minimum Gasteiger partial charge on any atom is -0.466 e. The highest BCUT2D eigenvalue weighted by Crippen LogP contribution is 2.25. The number of halogens is 2. The van der Waals surface area contributed by atoms with E-state index in [1.54, 1.807) is 19.1 Å². The third-order valence-electron chi connectivity index (χ3n) is 3.55. The number of benzene rings is 1. The monoisotopic (exact) mass is 350 g/mol. The molecule has 2 N–H and O–H groups in total. The maximum Gasteiger partial charge on any atom is 0.346 e. The molecule has 0 radical (unpaired) electrons. The molecule has 2 heterocycles. The number of fused-ring (bicyclic) bond motifs is 1. The van der Waals surface area contributed by atoms with E-state index in [1.807, 2.05) is 0 Å². The minimum absolute atomic E-state index is 0.0345. The van der Waals surface area contributed by atoms with Crippen LogP contribution >= 0.6 is 11.6 Å². The normalized spacial score (nSPS) is 12.5. The van der Waals surface area contributed by atoms with Crippen molar-refractivity contribution in [2.24, 2.45) is 5.73 Å². The van der Waals surface area contributed by atoms with Gasteiger partial charge in [0.05, 0.1) is 10.4 Å². The van der Waals surface area contributed by atoms with Crippen molar-refractivity contribution in [3.05, 3.63) is 62.9 Å². The highest BCUT2D eigenvalue weighted by Gasteiger charge is 2.26. The van der Waals surface area contributed by atoms with E-state index in [4.69, 9.17) is 26.2 Å². The Morgan fingerprint density at radius 2 is 2.08 bits per heavy atom. The average molecular weight is 351 g/mol. The van der Waals surface area contributed by atoms with Gasteiger partial charge in [-0.05, 0) is 31.2 Å². The van der Waals surface area contributed by atoms with Gasteiger partial charge in [0.25, 0.3) is 0 Å². The maximum absolute atomic E-state index is 14.1. The van der Waals surface area contributed by atoms with Gasteiger partial charge in [-0.25, -0.2) is 14.2 Å². The lowest BCUT2D eigenvalue weighted by Crippen LogP contribution is -2.25. The molecule has 0 fully saturated rings. The summed E-state index contributed by atoms with van der Waals surface area (Å²) in [6, 6.07) is 5.92. The average Bonchev–Trinajstić information content (AvgIpc) is 2.94. The number of primary amides is 1. The Kier molecular flexibility index (Phi) is 4.11. The van der Waals surface area contributed by atoms with Crippen molar-refractivity contribution in [2.75, 3.05) is 0 Å². The molecule has 0 aliphatic carbocycles. The number of aromatic nitrogens is 1. The molecule has 2 aromatic heterocycles. The molecule has 1 atom stereocenters. The summed E-state index contributed by atoms with van der Waals surface area (Å²) in [5, 5.41) is -0.262. The lowest BCUT2D eigenvalue weighted by molar-refractivity contribution is -0.120. The first-order valence-electron chi connectivity index (χ1n) is 7.00. The Morgan fingerprint density at radius 3 is 2.71 bits per heavy atom. The molecule has 0 aliphatic rings. The number of carbonyl (C=O) groups is 1. The van der Waals surface area contributed by atoms with Crippen molar-refractivity contribution < 1.29 is 18.0 Å². The molecule has 6 nitrogen and oxygen atoms in total. The van der Waals surface area contributed by atoms with Crippen molar-refractivity contribution in [3.8, 4) is 0 Å². The fourth-order valence-corrected chi connectivity index (χ4v) is 2.50. The Hall–Kier alpha value is -2.67. The lowest BCUT2D eigenvalue weighted by Gasteiger charge is -2.10. The topological polar surface area (TPSA) is 99.3 Å². The van der Waals surface area contributed by atoms with Crippen LogP contribution in [0.25, 0.3) is 10.9 Å². The summed E-state index contributed by atoms with van der Waals surface area (Å²) < 4.78 is 24.6. The highest BCUT2D eigenvalue weighted by molar-refractivity contribution is 6.31. The van der Waals surface area contributed by atoms with Crippen molar-refractivity contribution in [3.63, 3.8) is 0 Å². The van der Waals surface area contributed by atoms with Crippen LogP contribution in [0.5, 0.6) is 0 Å². The number of hydrogen-bond donors (Lipinski definition) is 1. The third kappa shape index (κ3) is 2.90. The second kappa shape index (κ2) is 6.09. The van der Waals surface area contributed by atoms with E-state index in [0.29, 0.717) is 11.5 Å². The van der Waals surface area contributed by atoms with Crippen LogP contribution in [-0.4, -0.2) is 10.9 Å². The highest BCUT2D eigenvalue weighted by atomic mass is 35.5. The van der Waals surface area contributed by atoms with Crippen LogP contribution in [0.4, 0.5) is 4.39 Å². The molecule has 8 heteroatoms. The summed E-state index contributed by atoms with van der Waals surface area (Å²) in [6.07, 6.45) is 0.0345. The molecular formula is C16H12ClFN2O4. The fourth-order valence-electron chi connectivity index (χ4n) is 2.35. The quantitative estimate of drug-likeness (QED) is 0.779. The Balaban J connectivity index is 2.12. The van der Waals surface area contributed by atoms with Crippen molar-refractivity contribution >= 4 is 28.4 Å². The third-order valence-corrected chi connectivity index (χ3v) is 3.84. The standard InChI is InChI=1S/C16H12ClFN2O4/c1-7-2-3-8(23-7)6-10(14(19)21)15-20-13-9(16(22)24-15)4-5-11(17)12(13)18/h2-5,10H,6H2,1H3,(H2,19,21)/t10-/m1/s1. The predicted octanol–water partition coefficient (Wildman–Crippen LogP) is 2.69. The van der Waals surface area contributed by atoms with Gasteiger partial charge in [-0.3, -0.25) is 4.79 Å². The Morgan fingerprint density at radius 1 is 1.33 bits per heavy atom. The summed E-state index contributed by atoms with van der Waals surface area (Å²) in [5.41, 5.74) is 4.29. The van der Waals surface area contributed by atoms with Gasteiger partial charge in [-0.2, -0.15) is 0 Å². The second-order valence-electron chi connectivity index (χ2n) is 5.27. The molecule has 1 aromatic carbocycles. The van der Waals surface area contributed by atoms with E-state index >= 15 is 0 Å². The first-order chi connectivity index (χ1) is 11.4. The van der Waals surface area contributed by atoms with Crippen LogP contribution in [0.15, 0.2) is 37.9 Å². The Labute approximate surface area is 140 Å². The van der Waals surface area contributed by atoms with Crippen LogP contribution in [0.3, 0.4) is 0 Å². The van der Waals surface area contributed by atoms with E-state index in [9.17, 15) is 14.0 Å². The smallest absolute Gasteiger partial charge is 0.346 e. The molecule has 0 saturated heterocycles. The predicted molar refractivity (Wildman–Crippen MR) is 84.3 cm³/mol. The Bertz CT molecular complexity index is 995. The second-order valence-corrected chi connectivity index (χ2v) is 5.68. The van der Waals surface area contributed by atoms with Gasteiger partial charge in [0.2, 0.25) is 11.8 Å². The summed E-state index contributed by atoms with van der Waals surface area (Å²) in [5.74, 6) is -1.88. The number of amides is 1. The van der Waals surface area contributed by atoms with Gasteiger partial charge in [-0.15, -0.1) is 0 Å². The van der Waals surface area contributed by atoms with Gasteiger partial charge in [0.15, 0.2) is 5.82 Å². The first-order valence-corrected chi connectivity index (χ1v) is 7.38. The molecule has 1 amide bonds. The van der Waals surface area contributed by atoms with Crippen LogP contribution in [0.2, 0.25) is 5.02 Å². The van der Waals surface area contributed by atoms with Crippen LogP contribution in [-0.2, 0) is 11.2 Å². The number of furan rings is 1. The number of aryl methyl sites for hydroxylation is 1. The molecule has 0 spiro atoms. The number of carbonyl (C=O) groups excluding carboxylic acids is 1. The van der Waals surface area contributed by atoms with E-state index in [2.05, 4.69) is 4.98 Å². The van der Waals surface area contributed by atoms with Crippen molar-refractivity contribution in [1.29, 1.82) is 0 Å². The molecule has 0 unspecified atom stereocenters. The van der Waals surface area contributed by atoms with Gasteiger partial charge in [-0.1, -0.05) is 11.6 Å². The zero-order valence-corrected chi connectivity index (χ0v) is 13.3. The van der Waals surface area contributed by atoms with Crippen molar-refractivity contribution in [1.82, 2.24) is 4.98 Å². The zero-order valence-electron chi connectivity index (χ0n) is 12.5. The summed E-state index contributed by atoms with van der Waals surface area (Å²) in [4.78, 5) is 27.8. The molecule has 0 aliphatic heterocycles. The van der Waals surface area contributed by atoms with Crippen LogP contribution in [0, 0.1) is 12.7 Å². The minimum atomic E-state index is -1.08. The molecule has 3 rings (SSSR count). The van der Waals surface area contributed by atoms with Crippen LogP contribution in [0.1, 0.15) is 23.3 Å².